The lowest BCUT2D eigenvalue weighted by molar-refractivity contribution is -0.137. The molecule has 7 nitrogen and oxygen atoms in total. The predicted octanol–water partition coefficient (Wildman–Crippen LogP) is 3.76. The van der Waals surface area contributed by atoms with E-state index in [9.17, 15) is 22.8 Å². The fourth-order valence-electron chi connectivity index (χ4n) is 4.99. The van der Waals surface area contributed by atoms with Gasteiger partial charge in [-0.1, -0.05) is 0 Å². The molecule has 2 aliphatic rings. The van der Waals surface area contributed by atoms with Gasteiger partial charge in [-0.2, -0.15) is 18.4 Å². The molecule has 1 unspecified atom stereocenters. The van der Waals surface area contributed by atoms with Gasteiger partial charge in [0.05, 0.1) is 23.5 Å². The van der Waals surface area contributed by atoms with Crippen LogP contribution >= 0.6 is 0 Å². The Bertz CT molecular complexity index is 1110. The summed E-state index contributed by atoms with van der Waals surface area (Å²) in [5.41, 5.74) is -1.52. The number of carbonyl (C=O) groups is 2. The van der Waals surface area contributed by atoms with Crippen molar-refractivity contribution in [2.45, 2.75) is 31.5 Å². The largest absolute Gasteiger partial charge is 0.459 e. The van der Waals surface area contributed by atoms with Crippen LogP contribution < -0.4 is 4.90 Å². The van der Waals surface area contributed by atoms with Crippen LogP contribution in [0.1, 0.15) is 40.9 Å². The zero-order chi connectivity index (χ0) is 24.7. The van der Waals surface area contributed by atoms with Gasteiger partial charge in [0.15, 0.2) is 5.76 Å². The Hall–Kier alpha value is -3.48. The highest BCUT2D eigenvalue weighted by atomic mass is 19.4. The maximum Gasteiger partial charge on any atom is 0.417 e. The number of hydrogen-bond donors (Lipinski definition) is 0. The molecule has 0 bridgehead atoms. The van der Waals surface area contributed by atoms with E-state index in [1.807, 2.05) is 0 Å². The highest BCUT2D eigenvalue weighted by Gasteiger charge is 2.49. The standard InChI is InChI=1S/C24H25F3N4O3/c1-29(2)21(32)19-13-23(7-9-30(10-8-23)22(33)20-4-3-11-34-20)15-31(19)17-6-5-16(14-28)18(12-17)24(25,26)27/h3-6,11-12,19H,7-10,13,15H2,1-2H3. The Morgan fingerprint density at radius 1 is 1.21 bits per heavy atom. The van der Waals surface area contributed by atoms with E-state index in [-0.39, 0.29) is 28.7 Å². The molecule has 0 aliphatic carbocycles. The summed E-state index contributed by atoms with van der Waals surface area (Å²) in [4.78, 5) is 30.5. The summed E-state index contributed by atoms with van der Waals surface area (Å²) in [6, 6.07) is 7.82. The number of benzene rings is 1. The number of hydrogen-bond acceptors (Lipinski definition) is 5. The Labute approximate surface area is 195 Å². The van der Waals surface area contributed by atoms with E-state index in [1.54, 1.807) is 42.1 Å². The third-order valence-corrected chi connectivity index (χ3v) is 6.84. The molecule has 1 spiro atoms. The molecule has 4 rings (SSSR count). The number of halogens is 3. The summed E-state index contributed by atoms with van der Waals surface area (Å²) in [7, 11) is 3.24. The van der Waals surface area contributed by atoms with Crippen molar-refractivity contribution < 1.29 is 27.2 Å². The van der Waals surface area contributed by atoms with Gasteiger partial charge in [0.1, 0.15) is 6.04 Å². The lowest BCUT2D eigenvalue weighted by Gasteiger charge is -2.39. The second-order valence-corrected chi connectivity index (χ2v) is 9.19. The predicted molar refractivity (Wildman–Crippen MR) is 117 cm³/mol. The van der Waals surface area contributed by atoms with Crippen LogP contribution in [-0.4, -0.2) is 61.4 Å². The molecule has 2 aliphatic heterocycles. The molecule has 2 aromatic rings. The van der Waals surface area contributed by atoms with E-state index in [1.165, 1.54) is 17.2 Å². The van der Waals surface area contributed by atoms with Gasteiger partial charge in [0, 0.05) is 39.4 Å². The highest BCUT2D eigenvalue weighted by Crippen LogP contribution is 2.46. The Kier molecular flexibility index (Phi) is 6.06. The molecule has 0 radical (unpaired) electrons. The molecule has 2 fully saturated rings. The van der Waals surface area contributed by atoms with Gasteiger partial charge in [-0.15, -0.1) is 0 Å². The van der Waals surface area contributed by atoms with Gasteiger partial charge >= 0.3 is 6.18 Å². The van der Waals surface area contributed by atoms with Gasteiger partial charge in [0.2, 0.25) is 5.91 Å². The molecule has 2 saturated heterocycles. The van der Waals surface area contributed by atoms with Crippen molar-refractivity contribution in [3.8, 4) is 6.07 Å². The van der Waals surface area contributed by atoms with Crippen LogP contribution in [0.3, 0.4) is 0 Å². The first kappa shape index (κ1) is 23.7. The Balaban J connectivity index is 1.61. The molecule has 180 valence electrons. The number of likely N-dealkylation sites (N-methyl/N-ethyl adjacent to an activating group) is 1. The van der Waals surface area contributed by atoms with E-state index in [2.05, 4.69) is 0 Å². The maximum absolute atomic E-state index is 13.6. The number of carbonyl (C=O) groups excluding carboxylic acids is 2. The van der Waals surface area contributed by atoms with Crippen molar-refractivity contribution in [3.05, 3.63) is 53.5 Å². The summed E-state index contributed by atoms with van der Waals surface area (Å²) in [6.07, 6.45) is -1.52. The van der Waals surface area contributed by atoms with Crippen LogP contribution in [0.15, 0.2) is 41.0 Å². The summed E-state index contributed by atoms with van der Waals surface area (Å²) in [6.45, 7) is 1.33. The summed E-state index contributed by atoms with van der Waals surface area (Å²) in [5.74, 6) is -0.122. The number of rotatable bonds is 3. The monoisotopic (exact) mass is 474 g/mol. The normalized spacial score (nSPS) is 19.8. The number of amides is 2. The lowest BCUT2D eigenvalue weighted by Crippen LogP contribution is -2.44. The second-order valence-electron chi connectivity index (χ2n) is 9.19. The molecular weight excluding hydrogens is 449 g/mol. The average molecular weight is 474 g/mol. The topological polar surface area (TPSA) is 80.8 Å². The first-order chi connectivity index (χ1) is 16.0. The summed E-state index contributed by atoms with van der Waals surface area (Å²) in [5, 5.41) is 9.12. The van der Waals surface area contributed by atoms with E-state index in [0.717, 1.165) is 12.1 Å². The van der Waals surface area contributed by atoms with E-state index >= 15 is 0 Å². The van der Waals surface area contributed by atoms with E-state index in [0.29, 0.717) is 38.9 Å². The Morgan fingerprint density at radius 3 is 2.47 bits per heavy atom. The van der Waals surface area contributed by atoms with Gasteiger partial charge in [-0.05, 0) is 55.0 Å². The lowest BCUT2D eigenvalue weighted by atomic mass is 9.76. The minimum Gasteiger partial charge on any atom is -0.459 e. The number of alkyl halides is 3. The van der Waals surface area contributed by atoms with Gasteiger partial charge in [0.25, 0.3) is 5.91 Å². The zero-order valence-electron chi connectivity index (χ0n) is 18.9. The van der Waals surface area contributed by atoms with Crippen LogP contribution in [0.4, 0.5) is 18.9 Å². The summed E-state index contributed by atoms with van der Waals surface area (Å²) < 4.78 is 45.9. The number of likely N-dealkylation sites (tertiary alicyclic amines) is 1. The van der Waals surface area contributed by atoms with Crippen LogP contribution in [0.5, 0.6) is 0 Å². The molecule has 1 aromatic heterocycles. The van der Waals surface area contributed by atoms with Crippen LogP contribution in [-0.2, 0) is 11.0 Å². The van der Waals surface area contributed by atoms with Crippen molar-refractivity contribution in [1.29, 1.82) is 5.26 Å². The second kappa shape index (κ2) is 8.70. The van der Waals surface area contributed by atoms with E-state index in [4.69, 9.17) is 9.68 Å². The van der Waals surface area contributed by atoms with Crippen LogP contribution in [0.2, 0.25) is 0 Å². The molecule has 0 saturated carbocycles. The van der Waals surface area contributed by atoms with Crippen LogP contribution in [0, 0.1) is 16.7 Å². The molecule has 1 atom stereocenters. The molecule has 34 heavy (non-hydrogen) atoms. The first-order valence-corrected chi connectivity index (χ1v) is 11.0. The van der Waals surface area contributed by atoms with Crippen molar-refractivity contribution in [1.82, 2.24) is 9.80 Å². The third kappa shape index (κ3) is 4.34. The fraction of sp³-hybridized carbons (Fsp3) is 0.458. The molecule has 3 heterocycles. The van der Waals surface area contributed by atoms with Crippen LogP contribution in [0.25, 0.3) is 0 Å². The van der Waals surface area contributed by atoms with Crippen molar-refractivity contribution in [2.24, 2.45) is 5.41 Å². The molecule has 2 amide bonds. The maximum atomic E-state index is 13.6. The first-order valence-electron chi connectivity index (χ1n) is 11.0. The fourth-order valence-corrected chi connectivity index (χ4v) is 4.99. The number of furan rings is 1. The van der Waals surface area contributed by atoms with Gasteiger partial charge in [-0.3, -0.25) is 9.59 Å². The Morgan fingerprint density at radius 2 is 1.91 bits per heavy atom. The quantitative estimate of drug-likeness (QED) is 0.677. The number of nitrogens with zero attached hydrogens (tertiary/aromatic N) is 4. The smallest absolute Gasteiger partial charge is 0.417 e. The SMILES string of the molecule is CN(C)C(=O)C1CC2(CCN(C(=O)c3ccco3)CC2)CN1c1ccc(C#N)c(C(F)(F)F)c1. The summed E-state index contributed by atoms with van der Waals surface area (Å²) >= 11 is 0. The molecular formula is C24H25F3N4O3. The molecule has 10 heteroatoms. The van der Waals surface area contributed by atoms with E-state index < -0.39 is 23.3 Å². The number of anilines is 1. The average Bonchev–Trinajstić information content (AvgIpc) is 3.46. The third-order valence-electron chi connectivity index (χ3n) is 6.84. The molecule has 1 aromatic carbocycles. The molecule has 0 N–H and O–H groups in total. The minimum absolute atomic E-state index is 0.191. The van der Waals surface area contributed by atoms with Crippen molar-refractivity contribution >= 4 is 17.5 Å². The zero-order valence-corrected chi connectivity index (χ0v) is 18.9. The highest BCUT2D eigenvalue weighted by molar-refractivity contribution is 5.91. The van der Waals surface area contributed by atoms with Crippen molar-refractivity contribution in [3.63, 3.8) is 0 Å². The van der Waals surface area contributed by atoms with Crippen molar-refractivity contribution in [2.75, 3.05) is 38.6 Å². The minimum atomic E-state index is -4.68. The van der Waals surface area contributed by atoms with Gasteiger partial charge < -0.3 is 19.1 Å². The number of nitriles is 1. The van der Waals surface area contributed by atoms with Gasteiger partial charge in [-0.25, -0.2) is 0 Å². The number of piperidine rings is 1.